The summed E-state index contributed by atoms with van der Waals surface area (Å²) >= 11 is 3.54. The summed E-state index contributed by atoms with van der Waals surface area (Å²) in [6.07, 6.45) is 4.13. The normalized spacial score (nSPS) is 20.9. The Morgan fingerprint density at radius 3 is 2.52 bits per heavy atom. The number of methoxy groups -OCH3 is 1. The lowest BCUT2D eigenvalue weighted by Gasteiger charge is -2.38. The van der Waals surface area contributed by atoms with Crippen LogP contribution in [-0.2, 0) is 11.2 Å². The average Bonchev–Trinajstić information content (AvgIpc) is 3.27. The molecule has 23 heavy (non-hydrogen) atoms. The number of amides is 1. The molecular formula is C18H24BrNO3. The Kier molecular flexibility index (Phi) is 4.34. The number of carbonyl (C=O) groups excluding carboxylic acids is 1. The third kappa shape index (κ3) is 3.49. The Balaban J connectivity index is 2.00. The van der Waals surface area contributed by atoms with E-state index < -0.39 is 5.60 Å². The van der Waals surface area contributed by atoms with Gasteiger partial charge in [-0.1, -0.05) is 0 Å². The van der Waals surface area contributed by atoms with Gasteiger partial charge in [0.15, 0.2) is 0 Å². The van der Waals surface area contributed by atoms with Gasteiger partial charge in [0, 0.05) is 12.1 Å². The zero-order valence-corrected chi connectivity index (χ0v) is 15.8. The number of hydrogen-bond acceptors (Lipinski definition) is 3. The van der Waals surface area contributed by atoms with Gasteiger partial charge >= 0.3 is 6.09 Å². The fourth-order valence-corrected chi connectivity index (χ4v) is 3.80. The first-order chi connectivity index (χ1) is 10.8. The fraction of sp³-hybridized carbons (Fsp3) is 0.611. The molecule has 4 nitrogen and oxygen atoms in total. The van der Waals surface area contributed by atoms with Crippen LogP contribution in [0.2, 0.25) is 0 Å². The monoisotopic (exact) mass is 381 g/mol. The molecule has 5 heteroatoms. The minimum Gasteiger partial charge on any atom is -0.495 e. The molecule has 0 spiro atoms. The second-order valence-corrected chi connectivity index (χ2v) is 8.26. The van der Waals surface area contributed by atoms with Crippen LogP contribution in [0.1, 0.15) is 45.6 Å². The van der Waals surface area contributed by atoms with Crippen molar-refractivity contribution in [3.63, 3.8) is 0 Å². The zero-order valence-electron chi connectivity index (χ0n) is 14.2. The minimum atomic E-state index is -0.498. The Bertz CT molecular complexity index is 619. The van der Waals surface area contributed by atoms with Crippen molar-refractivity contribution in [3.8, 4) is 5.75 Å². The molecule has 1 aromatic rings. The number of hydrogen-bond donors (Lipinski definition) is 0. The van der Waals surface area contributed by atoms with E-state index in [0.717, 1.165) is 28.8 Å². The van der Waals surface area contributed by atoms with Crippen LogP contribution in [0.5, 0.6) is 5.75 Å². The van der Waals surface area contributed by atoms with E-state index in [9.17, 15) is 4.79 Å². The molecule has 1 heterocycles. The van der Waals surface area contributed by atoms with Gasteiger partial charge in [-0.25, -0.2) is 4.79 Å². The molecule has 0 saturated heterocycles. The van der Waals surface area contributed by atoms with E-state index in [1.54, 1.807) is 7.11 Å². The van der Waals surface area contributed by atoms with Crippen LogP contribution in [0.3, 0.4) is 0 Å². The van der Waals surface area contributed by atoms with Crippen molar-refractivity contribution in [2.75, 3.05) is 12.0 Å². The maximum Gasteiger partial charge on any atom is 0.415 e. The van der Waals surface area contributed by atoms with Crippen LogP contribution in [0.15, 0.2) is 16.6 Å². The molecule has 1 aromatic carbocycles. The predicted molar refractivity (Wildman–Crippen MR) is 94.2 cm³/mol. The van der Waals surface area contributed by atoms with Crippen LogP contribution >= 0.6 is 15.9 Å². The first-order valence-corrected chi connectivity index (χ1v) is 8.98. The molecule has 2 aliphatic rings. The SMILES string of the molecule is COc1cc2c(cc1Br)CCC(C1CC1)N2C(=O)OC(C)(C)C. The van der Waals surface area contributed by atoms with Gasteiger partial charge in [0.25, 0.3) is 0 Å². The summed E-state index contributed by atoms with van der Waals surface area (Å²) in [6, 6.07) is 4.26. The minimum absolute atomic E-state index is 0.239. The molecular weight excluding hydrogens is 358 g/mol. The molecule has 1 atom stereocenters. The van der Waals surface area contributed by atoms with Crippen LogP contribution in [0.25, 0.3) is 0 Å². The molecule has 1 unspecified atom stereocenters. The van der Waals surface area contributed by atoms with Gasteiger partial charge in [-0.05, 0) is 79.9 Å². The van der Waals surface area contributed by atoms with Gasteiger partial charge in [0.1, 0.15) is 11.4 Å². The summed E-state index contributed by atoms with van der Waals surface area (Å²) < 4.78 is 12.0. The van der Waals surface area contributed by atoms with Crippen molar-refractivity contribution in [1.29, 1.82) is 0 Å². The van der Waals surface area contributed by atoms with E-state index in [1.165, 1.54) is 18.4 Å². The van der Waals surface area contributed by atoms with Gasteiger partial charge in [-0.2, -0.15) is 0 Å². The van der Waals surface area contributed by atoms with E-state index in [0.29, 0.717) is 5.92 Å². The average molecular weight is 382 g/mol. The second-order valence-electron chi connectivity index (χ2n) is 7.41. The van der Waals surface area contributed by atoms with Crippen molar-refractivity contribution >= 4 is 27.7 Å². The number of anilines is 1. The lowest BCUT2D eigenvalue weighted by atomic mass is 9.93. The highest BCUT2D eigenvalue weighted by Gasteiger charge is 2.42. The van der Waals surface area contributed by atoms with Gasteiger partial charge in [-0.15, -0.1) is 0 Å². The lowest BCUT2D eigenvalue weighted by molar-refractivity contribution is 0.0556. The molecule has 3 rings (SSSR count). The van der Waals surface area contributed by atoms with Crippen molar-refractivity contribution in [1.82, 2.24) is 0 Å². The first kappa shape index (κ1) is 16.6. The number of aryl methyl sites for hydroxylation is 1. The largest absolute Gasteiger partial charge is 0.495 e. The first-order valence-electron chi connectivity index (χ1n) is 8.19. The van der Waals surface area contributed by atoms with Crippen LogP contribution in [-0.4, -0.2) is 24.8 Å². The summed E-state index contributed by atoms with van der Waals surface area (Å²) in [5, 5.41) is 0. The summed E-state index contributed by atoms with van der Waals surface area (Å²) in [7, 11) is 1.64. The third-order valence-corrected chi connectivity index (χ3v) is 5.03. The zero-order chi connectivity index (χ0) is 16.8. The molecule has 0 N–H and O–H groups in total. The maximum absolute atomic E-state index is 12.9. The molecule has 1 fully saturated rings. The molecule has 0 radical (unpaired) electrons. The molecule has 0 bridgehead atoms. The molecule has 0 aromatic heterocycles. The Morgan fingerprint density at radius 2 is 1.96 bits per heavy atom. The van der Waals surface area contributed by atoms with E-state index >= 15 is 0 Å². The number of nitrogens with zero attached hydrogens (tertiary/aromatic N) is 1. The number of rotatable bonds is 2. The molecule has 126 valence electrons. The van der Waals surface area contributed by atoms with Gasteiger partial charge < -0.3 is 9.47 Å². The van der Waals surface area contributed by atoms with Gasteiger partial charge in [-0.3, -0.25) is 4.90 Å². The quantitative estimate of drug-likeness (QED) is 0.729. The summed E-state index contributed by atoms with van der Waals surface area (Å²) in [5.74, 6) is 1.35. The van der Waals surface area contributed by atoms with Crippen LogP contribution in [0, 0.1) is 5.92 Å². The summed E-state index contributed by atoms with van der Waals surface area (Å²) in [4.78, 5) is 14.7. The standard InChI is InChI=1S/C18H24BrNO3/c1-18(2,3)23-17(21)20-14(11-5-6-11)8-7-12-9-13(19)16(22-4)10-15(12)20/h9-11,14H,5-8H2,1-4H3. The Hall–Kier alpha value is -1.23. The second kappa shape index (κ2) is 6.00. The molecule has 1 aliphatic heterocycles. The molecule has 1 aliphatic carbocycles. The third-order valence-electron chi connectivity index (χ3n) is 4.41. The van der Waals surface area contributed by atoms with E-state index in [4.69, 9.17) is 9.47 Å². The van der Waals surface area contributed by atoms with Crippen molar-refractivity contribution < 1.29 is 14.3 Å². The van der Waals surface area contributed by atoms with Crippen molar-refractivity contribution in [3.05, 3.63) is 22.2 Å². The Morgan fingerprint density at radius 1 is 1.26 bits per heavy atom. The smallest absolute Gasteiger partial charge is 0.415 e. The maximum atomic E-state index is 12.9. The van der Waals surface area contributed by atoms with Crippen LogP contribution in [0.4, 0.5) is 10.5 Å². The number of halogens is 1. The lowest BCUT2D eigenvalue weighted by Crippen LogP contribution is -2.47. The Labute approximate surface area is 146 Å². The highest BCUT2D eigenvalue weighted by molar-refractivity contribution is 9.10. The number of ether oxygens (including phenoxy) is 2. The highest BCUT2D eigenvalue weighted by Crippen LogP contribution is 2.45. The topological polar surface area (TPSA) is 38.8 Å². The summed E-state index contributed by atoms with van der Waals surface area (Å²) in [5.41, 5.74) is 1.60. The summed E-state index contributed by atoms with van der Waals surface area (Å²) in [6.45, 7) is 5.72. The molecule has 1 saturated carbocycles. The molecule has 1 amide bonds. The van der Waals surface area contributed by atoms with Crippen molar-refractivity contribution in [2.45, 2.75) is 58.1 Å². The van der Waals surface area contributed by atoms with Crippen LogP contribution < -0.4 is 9.64 Å². The highest BCUT2D eigenvalue weighted by atomic mass is 79.9. The number of benzene rings is 1. The van der Waals surface area contributed by atoms with E-state index in [2.05, 4.69) is 22.0 Å². The number of carbonyl (C=O) groups is 1. The predicted octanol–water partition coefficient (Wildman–Crippen LogP) is 4.92. The van der Waals surface area contributed by atoms with Crippen molar-refractivity contribution in [2.24, 2.45) is 5.92 Å². The fourth-order valence-electron chi connectivity index (χ4n) is 3.25. The van der Waals surface area contributed by atoms with E-state index in [-0.39, 0.29) is 12.1 Å². The van der Waals surface area contributed by atoms with Gasteiger partial charge in [0.05, 0.1) is 17.3 Å². The van der Waals surface area contributed by atoms with Gasteiger partial charge in [0.2, 0.25) is 0 Å². The number of fused-ring (bicyclic) bond motifs is 1. The van der Waals surface area contributed by atoms with E-state index in [1.807, 2.05) is 31.7 Å².